The summed E-state index contributed by atoms with van der Waals surface area (Å²) in [5.41, 5.74) is 5.57. The molecule has 0 saturated carbocycles. The predicted molar refractivity (Wildman–Crippen MR) is 130 cm³/mol. The number of carbonyl (C=O) groups excluding carboxylic acids is 1. The van der Waals surface area contributed by atoms with Gasteiger partial charge in [-0.05, 0) is 61.9 Å². The van der Waals surface area contributed by atoms with Gasteiger partial charge in [0.2, 0.25) is 0 Å². The molecule has 0 saturated heterocycles. The highest BCUT2D eigenvalue weighted by molar-refractivity contribution is 6.00. The summed E-state index contributed by atoms with van der Waals surface area (Å²) in [6.45, 7) is 9.27. The molecule has 2 aromatic rings. The van der Waals surface area contributed by atoms with Gasteiger partial charge in [-0.2, -0.15) is 0 Å². The molecule has 164 valence electrons. The van der Waals surface area contributed by atoms with Crippen LogP contribution in [0.15, 0.2) is 54.6 Å². The number of allylic oxidation sites excluding steroid dienone is 2. The van der Waals surface area contributed by atoms with E-state index in [-0.39, 0.29) is 11.9 Å². The van der Waals surface area contributed by atoms with Gasteiger partial charge in [-0.15, -0.1) is 0 Å². The number of benzene rings is 2. The second-order valence-electron chi connectivity index (χ2n) is 8.62. The third-order valence-electron chi connectivity index (χ3n) is 6.84. The third kappa shape index (κ3) is 4.21. The number of nitrogens with zero attached hydrogens (tertiary/aromatic N) is 1. The molecule has 1 aliphatic carbocycles. The average molecular weight is 418 g/mol. The van der Waals surface area contributed by atoms with E-state index in [0.29, 0.717) is 11.8 Å². The molecule has 0 bridgehead atoms. The van der Waals surface area contributed by atoms with Crippen molar-refractivity contribution >= 4 is 17.3 Å². The topological polar surface area (TPSA) is 44.4 Å². The van der Waals surface area contributed by atoms with E-state index in [1.54, 1.807) is 0 Å². The minimum absolute atomic E-state index is 0.0221. The Kier molecular flexibility index (Phi) is 6.64. The number of nitrogens with one attached hydrogen (secondary N) is 2. The fourth-order valence-corrected chi connectivity index (χ4v) is 5.10. The van der Waals surface area contributed by atoms with Crippen molar-refractivity contribution in [2.24, 2.45) is 5.92 Å². The molecule has 2 aromatic carbocycles. The number of unbranched alkanes of at least 4 members (excludes halogenated alkanes) is 1. The lowest BCUT2D eigenvalue weighted by atomic mass is 9.76. The normalized spacial score (nSPS) is 21.2. The van der Waals surface area contributed by atoms with E-state index in [4.69, 9.17) is 0 Å². The minimum Gasteiger partial charge on any atom is -0.377 e. The summed E-state index contributed by atoms with van der Waals surface area (Å²) in [5, 5.41) is 6.88. The van der Waals surface area contributed by atoms with E-state index < -0.39 is 0 Å². The van der Waals surface area contributed by atoms with Gasteiger partial charge in [0.1, 0.15) is 0 Å². The van der Waals surface area contributed by atoms with Crippen molar-refractivity contribution in [3.05, 3.63) is 71.3 Å². The van der Waals surface area contributed by atoms with Crippen molar-refractivity contribution in [2.45, 2.75) is 52.0 Å². The zero-order chi connectivity index (χ0) is 21.8. The van der Waals surface area contributed by atoms with Gasteiger partial charge in [-0.3, -0.25) is 4.79 Å². The highest BCUT2D eigenvalue weighted by Gasteiger charge is 2.39. The molecule has 3 unspecified atom stereocenters. The van der Waals surface area contributed by atoms with Crippen LogP contribution in [-0.2, 0) is 0 Å². The van der Waals surface area contributed by atoms with Crippen LogP contribution in [0.5, 0.6) is 0 Å². The maximum absolute atomic E-state index is 12.9. The first kappa shape index (κ1) is 21.5. The number of hydrogen-bond acceptors (Lipinski definition) is 3. The van der Waals surface area contributed by atoms with Crippen LogP contribution in [0.1, 0.15) is 73.5 Å². The Morgan fingerprint density at radius 1 is 1.10 bits per heavy atom. The minimum atomic E-state index is 0.0221. The summed E-state index contributed by atoms with van der Waals surface area (Å²) >= 11 is 0. The lowest BCUT2D eigenvalue weighted by Crippen LogP contribution is -2.32. The van der Waals surface area contributed by atoms with E-state index in [1.165, 1.54) is 16.8 Å². The van der Waals surface area contributed by atoms with Crippen molar-refractivity contribution in [3.63, 3.8) is 0 Å². The van der Waals surface area contributed by atoms with Crippen molar-refractivity contribution in [1.29, 1.82) is 0 Å². The maximum atomic E-state index is 12.9. The fraction of sp³-hybridized carbons (Fsp3) is 0.444. The first-order chi connectivity index (χ1) is 15.2. The molecule has 31 heavy (non-hydrogen) atoms. The van der Waals surface area contributed by atoms with Crippen molar-refractivity contribution in [3.8, 4) is 0 Å². The number of fused-ring (bicyclic) bond motifs is 3. The second-order valence-corrected chi connectivity index (χ2v) is 8.62. The summed E-state index contributed by atoms with van der Waals surface area (Å²) in [6.07, 6.45) is 7.78. The monoisotopic (exact) mass is 417 g/mol. The first-order valence-electron chi connectivity index (χ1n) is 11.9. The summed E-state index contributed by atoms with van der Waals surface area (Å²) in [7, 11) is 0. The molecule has 1 aliphatic heterocycles. The molecular weight excluding hydrogens is 382 g/mol. The van der Waals surface area contributed by atoms with E-state index in [2.05, 4.69) is 78.8 Å². The van der Waals surface area contributed by atoms with Crippen LogP contribution in [0.3, 0.4) is 0 Å². The number of anilines is 2. The highest BCUT2D eigenvalue weighted by atomic mass is 16.1. The quantitative estimate of drug-likeness (QED) is 0.416. The third-order valence-corrected chi connectivity index (χ3v) is 6.84. The summed E-state index contributed by atoms with van der Waals surface area (Å²) in [4.78, 5) is 15.3. The van der Waals surface area contributed by atoms with Crippen molar-refractivity contribution in [1.82, 2.24) is 5.32 Å². The van der Waals surface area contributed by atoms with Crippen molar-refractivity contribution in [2.75, 3.05) is 29.9 Å². The SMILES string of the molecule is CCCCNC(=O)c1cccc2c1NC(c1ccc(N(CC)CC)cc1)C1CC=CC21. The average Bonchev–Trinajstić information content (AvgIpc) is 3.30. The Bertz CT molecular complexity index is 930. The second kappa shape index (κ2) is 9.59. The zero-order valence-corrected chi connectivity index (χ0v) is 19.0. The zero-order valence-electron chi connectivity index (χ0n) is 19.0. The largest absolute Gasteiger partial charge is 0.377 e. The number of amides is 1. The molecule has 4 nitrogen and oxygen atoms in total. The van der Waals surface area contributed by atoms with Crippen LogP contribution in [0.2, 0.25) is 0 Å². The van der Waals surface area contributed by atoms with Crippen LogP contribution >= 0.6 is 0 Å². The molecular formula is C27H35N3O. The Labute approximate surface area is 186 Å². The number of para-hydroxylation sites is 1. The number of carbonyl (C=O) groups is 1. The molecule has 0 aromatic heterocycles. The van der Waals surface area contributed by atoms with Crippen molar-refractivity contribution < 1.29 is 4.79 Å². The van der Waals surface area contributed by atoms with E-state index in [9.17, 15) is 4.79 Å². The molecule has 2 aliphatic rings. The number of hydrogen-bond donors (Lipinski definition) is 2. The molecule has 0 fully saturated rings. The van der Waals surface area contributed by atoms with Crippen LogP contribution < -0.4 is 15.5 Å². The Morgan fingerprint density at radius 2 is 1.87 bits per heavy atom. The molecule has 2 N–H and O–H groups in total. The molecule has 1 amide bonds. The van der Waals surface area contributed by atoms with Crippen LogP contribution in [-0.4, -0.2) is 25.5 Å². The lowest BCUT2D eigenvalue weighted by molar-refractivity contribution is 0.0953. The highest BCUT2D eigenvalue weighted by Crippen LogP contribution is 2.50. The summed E-state index contributed by atoms with van der Waals surface area (Å²) in [5.74, 6) is 0.853. The van der Waals surface area contributed by atoms with Gasteiger partial charge in [-0.25, -0.2) is 0 Å². The standard InChI is InChI=1S/C27H35N3O/c1-4-7-18-28-27(31)24-13-9-12-23-21-10-8-11-22(21)25(29-26(23)24)19-14-16-20(17-15-19)30(5-2)6-3/h8-10,12-17,21-22,25,29H,4-7,11,18H2,1-3H3,(H,28,31). The predicted octanol–water partition coefficient (Wildman–Crippen LogP) is 5.89. The number of rotatable bonds is 8. The van der Waals surface area contributed by atoms with Gasteiger partial charge >= 0.3 is 0 Å². The maximum Gasteiger partial charge on any atom is 0.253 e. The molecule has 4 rings (SSSR count). The van der Waals surface area contributed by atoms with Gasteiger partial charge < -0.3 is 15.5 Å². The Hall–Kier alpha value is -2.75. The Balaban J connectivity index is 1.65. The molecule has 0 spiro atoms. The molecule has 0 radical (unpaired) electrons. The fourth-order valence-electron chi connectivity index (χ4n) is 5.10. The lowest BCUT2D eigenvalue weighted by Gasteiger charge is -2.38. The summed E-state index contributed by atoms with van der Waals surface area (Å²) < 4.78 is 0. The van der Waals surface area contributed by atoms with Crippen LogP contribution in [0.25, 0.3) is 0 Å². The van der Waals surface area contributed by atoms with E-state index in [0.717, 1.165) is 50.1 Å². The smallest absolute Gasteiger partial charge is 0.253 e. The first-order valence-corrected chi connectivity index (χ1v) is 11.9. The van der Waals surface area contributed by atoms with Gasteiger partial charge in [0.25, 0.3) is 5.91 Å². The molecule has 3 atom stereocenters. The van der Waals surface area contributed by atoms with Crippen LogP contribution in [0, 0.1) is 5.92 Å². The van der Waals surface area contributed by atoms with Gasteiger partial charge in [-0.1, -0.05) is 49.8 Å². The molecule has 4 heteroatoms. The Morgan fingerprint density at radius 3 is 2.58 bits per heavy atom. The summed E-state index contributed by atoms with van der Waals surface area (Å²) in [6, 6.07) is 15.3. The van der Waals surface area contributed by atoms with E-state index in [1.807, 2.05) is 12.1 Å². The van der Waals surface area contributed by atoms with E-state index >= 15 is 0 Å². The molecule has 1 heterocycles. The van der Waals surface area contributed by atoms with Crippen LogP contribution in [0.4, 0.5) is 11.4 Å². The van der Waals surface area contributed by atoms with Gasteiger partial charge in [0.15, 0.2) is 0 Å². The van der Waals surface area contributed by atoms with Gasteiger partial charge in [0.05, 0.1) is 17.3 Å². The van der Waals surface area contributed by atoms with Gasteiger partial charge in [0, 0.05) is 31.2 Å².